The molecule has 3 aromatic heterocycles. The lowest BCUT2D eigenvalue weighted by Gasteiger charge is -2.22. The second-order valence-corrected chi connectivity index (χ2v) is 14.6. The van der Waals surface area contributed by atoms with E-state index in [0.717, 1.165) is 61.7 Å². The SMILES string of the molecule is c1ccc(-c2ccc(-n3c4ccccc4c4cc5c6ccccc6n(-c6cnc7c(n6)-c6ccccc6-c6ccccc6-c6ccccc6-7)c5cc43)cc2)cc1. The predicted molar refractivity (Wildman–Crippen MR) is 231 cm³/mol. The Morgan fingerprint density at radius 3 is 1.41 bits per heavy atom. The van der Waals surface area contributed by atoms with Gasteiger partial charge in [0.2, 0.25) is 0 Å². The van der Waals surface area contributed by atoms with Crippen LogP contribution < -0.4 is 0 Å². The van der Waals surface area contributed by atoms with Crippen LogP contribution in [0.2, 0.25) is 0 Å². The number of para-hydroxylation sites is 2. The van der Waals surface area contributed by atoms with E-state index in [1.807, 2.05) is 6.20 Å². The van der Waals surface area contributed by atoms with E-state index in [-0.39, 0.29) is 0 Å². The van der Waals surface area contributed by atoms with E-state index < -0.39 is 0 Å². The molecule has 0 amide bonds. The number of hydrogen-bond donors (Lipinski definition) is 0. The van der Waals surface area contributed by atoms with Gasteiger partial charge in [-0.2, -0.15) is 0 Å². The highest BCUT2D eigenvalue weighted by Gasteiger charge is 2.25. The van der Waals surface area contributed by atoms with E-state index >= 15 is 0 Å². The molecule has 0 bridgehead atoms. The molecule has 0 fully saturated rings. The Kier molecular flexibility index (Phi) is 6.60. The summed E-state index contributed by atoms with van der Waals surface area (Å²) in [6.45, 7) is 0. The van der Waals surface area contributed by atoms with Gasteiger partial charge in [-0.05, 0) is 69.8 Å². The smallest absolute Gasteiger partial charge is 0.156 e. The van der Waals surface area contributed by atoms with Gasteiger partial charge < -0.3 is 4.57 Å². The highest BCUT2D eigenvalue weighted by atomic mass is 15.1. The lowest BCUT2D eigenvalue weighted by atomic mass is 9.84. The Hall–Kier alpha value is -7.56. The molecular weight excluding hydrogens is 681 g/mol. The average Bonchev–Trinajstić information content (AvgIpc) is 3.77. The maximum atomic E-state index is 5.61. The summed E-state index contributed by atoms with van der Waals surface area (Å²) in [5.41, 5.74) is 16.6. The number of hydrogen-bond acceptors (Lipinski definition) is 2. The van der Waals surface area contributed by atoms with Crippen LogP contribution in [0, 0.1) is 0 Å². The third-order valence-electron chi connectivity index (χ3n) is 11.6. The molecule has 1 aliphatic rings. The molecule has 0 saturated heterocycles. The van der Waals surface area contributed by atoms with E-state index in [1.54, 1.807) is 0 Å². The largest absolute Gasteiger partial charge is 0.309 e. The molecule has 0 N–H and O–H groups in total. The van der Waals surface area contributed by atoms with Gasteiger partial charge in [-0.1, -0.05) is 152 Å². The van der Waals surface area contributed by atoms with Crippen molar-refractivity contribution in [2.45, 2.75) is 0 Å². The fraction of sp³-hybridized carbons (Fsp3) is 0. The van der Waals surface area contributed by atoms with Gasteiger partial charge in [0.15, 0.2) is 5.82 Å². The number of rotatable bonds is 3. The summed E-state index contributed by atoms with van der Waals surface area (Å²) >= 11 is 0. The lowest BCUT2D eigenvalue weighted by molar-refractivity contribution is 1.05. The summed E-state index contributed by atoms with van der Waals surface area (Å²) in [4.78, 5) is 10.9. The predicted octanol–water partition coefficient (Wildman–Crippen LogP) is 13.3. The first-order valence-electron chi connectivity index (χ1n) is 19.1. The lowest BCUT2D eigenvalue weighted by Crippen LogP contribution is -2.05. The standard InChI is InChI=1S/C52H32N4/c1-2-14-33(15-3-1)34-26-28-35(29-27-34)55-46-24-12-10-20-40(46)44-30-45-41-21-11-13-25-47(41)56(49(45)31-48(44)55)50-32-53-51-42-22-8-6-18-38(42)36-16-4-5-17-37(36)39-19-7-9-23-43(39)52(51)54-50/h1-32H. The Bertz CT molecular complexity index is 3350. The first kappa shape index (κ1) is 30.9. The minimum absolute atomic E-state index is 0.783. The van der Waals surface area contributed by atoms with Crippen molar-refractivity contribution in [1.29, 1.82) is 0 Å². The summed E-state index contributed by atoms with van der Waals surface area (Å²) in [5, 5.41) is 4.81. The summed E-state index contributed by atoms with van der Waals surface area (Å²) in [6, 6.07) is 67.5. The number of aromatic nitrogens is 4. The van der Waals surface area contributed by atoms with Crippen LogP contribution >= 0.6 is 0 Å². The van der Waals surface area contributed by atoms with Gasteiger partial charge in [-0.3, -0.25) is 9.55 Å². The zero-order valence-corrected chi connectivity index (χ0v) is 30.3. The van der Waals surface area contributed by atoms with Crippen molar-refractivity contribution in [3.8, 4) is 67.4 Å². The third kappa shape index (κ3) is 4.47. The fourth-order valence-corrected chi connectivity index (χ4v) is 9.06. The zero-order chi connectivity index (χ0) is 36.7. The summed E-state index contributed by atoms with van der Waals surface area (Å²) in [7, 11) is 0. The molecule has 12 rings (SSSR count). The van der Waals surface area contributed by atoms with E-state index in [9.17, 15) is 0 Å². The van der Waals surface area contributed by atoms with Crippen molar-refractivity contribution in [2.75, 3.05) is 0 Å². The van der Waals surface area contributed by atoms with Gasteiger partial charge in [-0.15, -0.1) is 0 Å². The molecule has 4 nitrogen and oxygen atoms in total. The highest BCUT2D eigenvalue weighted by molar-refractivity contribution is 6.19. The molecular formula is C52H32N4. The molecule has 260 valence electrons. The van der Waals surface area contributed by atoms with E-state index in [0.29, 0.717) is 0 Å². The number of nitrogens with zero attached hydrogens (tertiary/aromatic N) is 4. The minimum Gasteiger partial charge on any atom is -0.309 e. The minimum atomic E-state index is 0.783. The van der Waals surface area contributed by atoms with Crippen LogP contribution in [0.1, 0.15) is 0 Å². The van der Waals surface area contributed by atoms with Gasteiger partial charge >= 0.3 is 0 Å². The van der Waals surface area contributed by atoms with E-state index in [2.05, 4.69) is 197 Å². The summed E-state index contributed by atoms with van der Waals surface area (Å²) in [5.74, 6) is 0.783. The van der Waals surface area contributed by atoms with Crippen LogP contribution in [0.15, 0.2) is 194 Å². The Morgan fingerprint density at radius 1 is 0.321 bits per heavy atom. The molecule has 0 aliphatic heterocycles. The molecule has 0 atom stereocenters. The maximum Gasteiger partial charge on any atom is 0.156 e. The monoisotopic (exact) mass is 712 g/mol. The van der Waals surface area contributed by atoms with Crippen LogP contribution in [0.3, 0.4) is 0 Å². The Morgan fingerprint density at radius 2 is 0.786 bits per heavy atom. The van der Waals surface area contributed by atoms with Crippen LogP contribution in [0.4, 0.5) is 0 Å². The average molecular weight is 713 g/mol. The van der Waals surface area contributed by atoms with Crippen molar-refractivity contribution in [2.24, 2.45) is 0 Å². The van der Waals surface area contributed by atoms with Crippen molar-refractivity contribution in [1.82, 2.24) is 19.1 Å². The van der Waals surface area contributed by atoms with Gasteiger partial charge in [0.05, 0.1) is 39.7 Å². The molecule has 8 aromatic carbocycles. The fourth-order valence-electron chi connectivity index (χ4n) is 9.06. The molecule has 4 heteroatoms. The molecule has 0 unspecified atom stereocenters. The van der Waals surface area contributed by atoms with Crippen molar-refractivity contribution >= 4 is 43.6 Å². The molecule has 0 saturated carbocycles. The van der Waals surface area contributed by atoms with Gasteiger partial charge in [0, 0.05) is 38.4 Å². The first-order chi connectivity index (χ1) is 27.8. The highest BCUT2D eigenvalue weighted by Crippen LogP contribution is 2.47. The molecule has 0 radical (unpaired) electrons. The second-order valence-electron chi connectivity index (χ2n) is 14.6. The van der Waals surface area contributed by atoms with Crippen LogP contribution in [-0.4, -0.2) is 19.1 Å². The maximum absolute atomic E-state index is 5.61. The van der Waals surface area contributed by atoms with Crippen LogP contribution in [-0.2, 0) is 0 Å². The molecule has 0 spiro atoms. The quantitative estimate of drug-likeness (QED) is 0.183. The molecule has 3 heterocycles. The summed E-state index contributed by atoms with van der Waals surface area (Å²) < 4.78 is 4.71. The van der Waals surface area contributed by atoms with Crippen LogP contribution in [0.25, 0.3) is 111 Å². The van der Waals surface area contributed by atoms with Crippen LogP contribution in [0.5, 0.6) is 0 Å². The van der Waals surface area contributed by atoms with E-state index in [4.69, 9.17) is 9.97 Å². The van der Waals surface area contributed by atoms with E-state index in [1.165, 1.54) is 49.3 Å². The topological polar surface area (TPSA) is 35.6 Å². The Labute approximate surface area is 323 Å². The molecule has 56 heavy (non-hydrogen) atoms. The third-order valence-corrected chi connectivity index (χ3v) is 11.6. The van der Waals surface area contributed by atoms with Gasteiger partial charge in [0.1, 0.15) is 0 Å². The number of fused-ring (bicyclic) bond motifs is 14. The Balaban J connectivity index is 1.13. The van der Waals surface area contributed by atoms with Crippen molar-refractivity contribution < 1.29 is 0 Å². The zero-order valence-electron chi connectivity index (χ0n) is 30.3. The molecule has 1 aliphatic carbocycles. The normalized spacial score (nSPS) is 11.9. The van der Waals surface area contributed by atoms with Gasteiger partial charge in [-0.25, -0.2) is 4.98 Å². The van der Waals surface area contributed by atoms with Crippen molar-refractivity contribution in [3.63, 3.8) is 0 Å². The summed E-state index contributed by atoms with van der Waals surface area (Å²) in [6.07, 6.45) is 1.96. The number of benzene rings is 8. The van der Waals surface area contributed by atoms with Crippen molar-refractivity contribution in [3.05, 3.63) is 194 Å². The van der Waals surface area contributed by atoms with Gasteiger partial charge in [0.25, 0.3) is 0 Å². The second kappa shape index (κ2) is 12.0. The molecule has 11 aromatic rings. The first-order valence-corrected chi connectivity index (χ1v) is 19.1.